The molecule has 1 atom stereocenters. The van der Waals surface area contributed by atoms with Crippen LogP contribution in [0.25, 0.3) is 0 Å². The van der Waals surface area contributed by atoms with Crippen LogP contribution in [0.1, 0.15) is 30.5 Å². The highest BCUT2D eigenvalue weighted by Gasteiger charge is 2.31. The summed E-state index contributed by atoms with van der Waals surface area (Å²) in [7, 11) is 0. The maximum atomic E-state index is 12.4. The van der Waals surface area contributed by atoms with Gasteiger partial charge in [0.25, 0.3) is 5.69 Å². The number of hydrogen-bond acceptors (Lipinski definition) is 10. The third kappa shape index (κ3) is 6.49. The number of anilines is 6. The Hall–Kier alpha value is -6.17. The molecule has 3 N–H and O–H groups in total. The van der Waals surface area contributed by atoms with Gasteiger partial charge in [-0.25, -0.2) is 5.01 Å². The van der Waals surface area contributed by atoms with E-state index in [9.17, 15) is 14.9 Å². The molecule has 12 nitrogen and oxygen atoms in total. The molecule has 0 bridgehead atoms. The van der Waals surface area contributed by atoms with E-state index in [0.717, 1.165) is 33.9 Å². The highest BCUT2D eigenvalue weighted by Crippen LogP contribution is 2.34. The first-order chi connectivity index (χ1) is 21.4. The van der Waals surface area contributed by atoms with E-state index < -0.39 is 4.92 Å². The molecule has 2 heterocycles. The van der Waals surface area contributed by atoms with Gasteiger partial charge in [-0.15, -0.1) is 0 Å². The van der Waals surface area contributed by atoms with Crippen molar-refractivity contribution in [1.29, 1.82) is 0 Å². The number of rotatable bonds is 9. The predicted molar refractivity (Wildman–Crippen MR) is 169 cm³/mol. The molecule has 12 heteroatoms. The molecule has 1 aliphatic rings. The first-order valence-electron chi connectivity index (χ1n) is 13.8. The van der Waals surface area contributed by atoms with Crippen molar-refractivity contribution in [3.63, 3.8) is 0 Å². The second-order valence-electron chi connectivity index (χ2n) is 9.97. The molecule has 1 aliphatic heterocycles. The van der Waals surface area contributed by atoms with E-state index in [-0.39, 0.29) is 17.6 Å². The zero-order valence-corrected chi connectivity index (χ0v) is 23.6. The highest BCUT2D eigenvalue weighted by molar-refractivity contribution is 6.03. The van der Waals surface area contributed by atoms with E-state index in [1.165, 1.54) is 24.1 Å². The molecular formula is C32H27N9O3. The minimum atomic E-state index is -0.448. The molecule has 0 radical (unpaired) electrons. The first kappa shape index (κ1) is 28.0. The molecule has 44 heavy (non-hydrogen) atoms. The highest BCUT2D eigenvalue weighted by atomic mass is 16.6. The maximum Gasteiger partial charge on any atom is 0.269 e. The molecule has 1 unspecified atom stereocenters. The predicted octanol–water partition coefficient (Wildman–Crippen LogP) is 6.71. The Balaban J connectivity index is 1.21. The zero-order valence-electron chi connectivity index (χ0n) is 23.6. The van der Waals surface area contributed by atoms with Gasteiger partial charge in [0, 0.05) is 42.5 Å². The van der Waals surface area contributed by atoms with Crippen LogP contribution in [0.2, 0.25) is 0 Å². The van der Waals surface area contributed by atoms with Crippen LogP contribution in [0.4, 0.5) is 40.6 Å². The summed E-state index contributed by atoms with van der Waals surface area (Å²) >= 11 is 0. The normalized spacial score (nSPS) is 14.1. The quantitative estimate of drug-likeness (QED) is 0.127. The Morgan fingerprint density at radius 2 is 1.20 bits per heavy atom. The van der Waals surface area contributed by atoms with Crippen LogP contribution in [0.15, 0.2) is 114 Å². The van der Waals surface area contributed by atoms with Crippen LogP contribution in [0.5, 0.6) is 0 Å². The van der Waals surface area contributed by atoms with Crippen LogP contribution in [0, 0.1) is 10.1 Å². The first-order valence-corrected chi connectivity index (χ1v) is 13.8. The smallest absolute Gasteiger partial charge is 0.269 e. The molecule has 1 amide bonds. The molecule has 0 fully saturated rings. The van der Waals surface area contributed by atoms with Gasteiger partial charge in [0.05, 0.1) is 16.7 Å². The van der Waals surface area contributed by atoms with Crippen molar-refractivity contribution in [2.75, 3.05) is 16.0 Å². The van der Waals surface area contributed by atoms with E-state index in [1.807, 2.05) is 84.9 Å². The van der Waals surface area contributed by atoms with Crippen molar-refractivity contribution in [1.82, 2.24) is 20.0 Å². The average Bonchev–Trinajstić information content (AvgIpc) is 3.49. The maximum absolute atomic E-state index is 12.4. The molecule has 0 saturated carbocycles. The van der Waals surface area contributed by atoms with E-state index in [2.05, 4.69) is 36.0 Å². The standard InChI is InChI=1S/C32H27N9O3/c1-21(42)40-29(23-14-18-27(19-15-23)41(43)44)20-28(39-40)22-12-16-26(17-13-22)35-32-37-30(33-24-8-4-2-5-9-24)36-31(38-32)34-25-10-6-3-7-11-25/h2-19,29H,20H2,1H3,(H3,33,34,35,36,37,38). The Kier molecular flexibility index (Phi) is 7.86. The zero-order chi connectivity index (χ0) is 30.5. The number of nitro groups is 1. The summed E-state index contributed by atoms with van der Waals surface area (Å²) in [6, 6.07) is 32.7. The number of nitrogens with one attached hydrogen (secondary N) is 3. The van der Waals surface area contributed by atoms with Crippen molar-refractivity contribution < 1.29 is 9.72 Å². The minimum absolute atomic E-state index is 0.00513. The number of nitro benzene ring substituents is 1. The summed E-state index contributed by atoms with van der Waals surface area (Å²) in [5, 5.41) is 26.8. The van der Waals surface area contributed by atoms with Gasteiger partial charge in [0.2, 0.25) is 23.8 Å². The lowest BCUT2D eigenvalue weighted by molar-refractivity contribution is -0.384. The molecule has 0 spiro atoms. The fourth-order valence-corrected chi connectivity index (χ4v) is 4.77. The fourth-order valence-electron chi connectivity index (χ4n) is 4.77. The van der Waals surface area contributed by atoms with E-state index >= 15 is 0 Å². The Morgan fingerprint density at radius 3 is 1.66 bits per heavy atom. The number of carbonyl (C=O) groups excluding carboxylic acids is 1. The monoisotopic (exact) mass is 585 g/mol. The number of amides is 1. The molecule has 4 aromatic carbocycles. The van der Waals surface area contributed by atoms with Crippen LogP contribution in [0.3, 0.4) is 0 Å². The van der Waals surface area contributed by atoms with Crippen molar-refractivity contribution in [2.24, 2.45) is 5.10 Å². The minimum Gasteiger partial charge on any atom is -0.324 e. The topological polar surface area (TPSA) is 151 Å². The molecule has 218 valence electrons. The Morgan fingerprint density at radius 1 is 0.727 bits per heavy atom. The largest absolute Gasteiger partial charge is 0.324 e. The van der Waals surface area contributed by atoms with Crippen LogP contribution in [-0.4, -0.2) is 36.5 Å². The number of aromatic nitrogens is 3. The van der Waals surface area contributed by atoms with Gasteiger partial charge in [-0.3, -0.25) is 14.9 Å². The van der Waals surface area contributed by atoms with Crippen LogP contribution < -0.4 is 16.0 Å². The second kappa shape index (κ2) is 12.4. The van der Waals surface area contributed by atoms with Gasteiger partial charge in [-0.2, -0.15) is 20.1 Å². The molecule has 0 saturated heterocycles. The number of non-ortho nitro benzene ring substituents is 1. The molecular weight excluding hydrogens is 558 g/mol. The summed E-state index contributed by atoms with van der Waals surface area (Å²) in [6.07, 6.45) is 0.473. The van der Waals surface area contributed by atoms with Crippen LogP contribution >= 0.6 is 0 Å². The average molecular weight is 586 g/mol. The lowest BCUT2D eigenvalue weighted by atomic mass is 9.98. The van der Waals surface area contributed by atoms with Gasteiger partial charge in [-0.05, 0) is 47.5 Å². The number of benzene rings is 4. The third-order valence-electron chi connectivity index (χ3n) is 6.89. The molecule has 1 aromatic heterocycles. The Bertz CT molecular complexity index is 1750. The molecule has 6 rings (SSSR count). The summed E-state index contributed by atoms with van der Waals surface area (Å²) in [6.45, 7) is 1.45. The van der Waals surface area contributed by atoms with Crippen molar-refractivity contribution in [2.45, 2.75) is 19.4 Å². The van der Waals surface area contributed by atoms with Crippen molar-refractivity contribution in [3.05, 3.63) is 130 Å². The number of hydrogen-bond donors (Lipinski definition) is 3. The van der Waals surface area contributed by atoms with E-state index in [1.54, 1.807) is 12.1 Å². The van der Waals surface area contributed by atoms with Crippen LogP contribution in [-0.2, 0) is 4.79 Å². The van der Waals surface area contributed by atoms with Gasteiger partial charge in [0.1, 0.15) is 0 Å². The summed E-state index contributed by atoms with van der Waals surface area (Å²) in [4.78, 5) is 36.7. The lowest BCUT2D eigenvalue weighted by Gasteiger charge is -2.20. The summed E-state index contributed by atoms with van der Waals surface area (Å²) in [5.74, 6) is 0.858. The molecule has 5 aromatic rings. The van der Waals surface area contributed by atoms with E-state index in [4.69, 9.17) is 0 Å². The number of hydrazone groups is 1. The van der Waals surface area contributed by atoms with Crippen molar-refractivity contribution in [3.8, 4) is 0 Å². The van der Waals surface area contributed by atoms with Gasteiger partial charge in [-0.1, -0.05) is 60.7 Å². The van der Waals surface area contributed by atoms with Gasteiger partial charge < -0.3 is 16.0 Å². The number of carbonyl (C=O) groups is 1. The number of nitrogens with zero attached hydrogens (tertiary/aromatic N) is 6. The summed E-state index contributed by atoms with van der Waals surface area (Å²) < 4.78 is 0. The lowest BCUT2D eigenvalue weighted by Crippen LogP contribution is -2.24. The summed E-state index contributed by atoms with van der Waals surface area (Å²) in [5.41, 5.74) is 4.77. The fraction of sp³-hybridized carbons (Fsp3) is 0.0938. The van der Waals surface area contributed by atoms with E-state index in [0.29, 0.717) is 24.3 Å². The molecule has 0 aliphatic carbocycles. The Labute approximate surface area is 252 Å². The van der Waals surface area contributed by atoms with Gasteiger partial charge >= 0.3 is 0 Å². The number of para-hydroxylation sites is 2. The van der Waals surface area contributed by atoms with Gasteiger partial charge in [0.15, 0.2) is 0 Å². The second-order valence-corrected chi connectivity index (χ2v) is 9.97. The third-order valence-corrected chi connectivity index (χ3v) is 6.89. The SMILES string of the molecule is CC(=O)N1N=C(c2ccc(Nc3nc(Nc4ccccc4)nc(Nc4ccccc4)n3)cc2)CC1c1ccc([N+](=O)[O-])cc1. The van der Waals surface area contributed by atoms with Crippen molar-refractivity contribution >= 4 is 52.2 Å².